The van der Waals surface area contributed by atoms with Crippen LogP contribution >= 0.6 is 0 Å². The van der Waals surface area contributed by atoms with Crippen LogP contribution in [0.25, 0.3) is 0 Å². The fourth-order valence-corrected chi connectivity index (χ4v) is 5.30. The summed E-state index contributed by atoms with van der Waals surface area (Å²) in [5.41, 5.74) is -1.18. The highest BCUT2D eigenvalue weighted by molar-refractivity contribution is 7.88. The van der Waals surface area contributed by atoms with E-state index < -0.39 is 21.2 Å². The first kappa shape index (κ1) is 24.7. The fraction of sp³-hybridized carbons (Fsp3) is 0.900. The summed E-state index contributed by atoms with van der Waals surface area (Å²) in [5.74, 6) is 0.663. The summed E-state index contributed by atoms with van der Waals surface area (Å²) in [6.07, 6.45) is 4.58. The number of hydrogen-bond acceptors (Lipinski definition) is 5. The maximum Gasteiger partial charge on any atom is 0.410 e. The van der Waals surface area contributed by atoms with E-state index >= 15 is 0 Å². The number of hydrogen-bond donors (Lipinski definition) is 3. The molecule has 0 aromatic rings. The predicted molar refractivity (Wildman–Crippen MR) is 119 cm³/mol. The smallest absolute Gasteiger partial charge is 0.410 e. The molecule has 2 rings (SSSR count). The summed E-state index contributed by atoms with van der Waals surface area (Å²) in [6.45, 7) is 12.3. The molecule has 2 atom stereocenters. The highest BCUT2D eigenvalue weighted by atomic mass is 32.2. The lowest BCUT2D eigenvalue weighted by molar-refractivity contribution is 0.00544. The first-order chi connectivity index (χ1) is 13.7. The van der Waals surface area contributed by atoms with E-state index in [1.165, 1.54) is 0 Å². The van der Waals surface area contributed by atoms with Crippen LogP contribution in [0.2, 0.25) is 0 Å². The molecule has 3 N–H and O–H groups in total. The number of carbonyl (C=O) groups is 1. The molecule has 2 aliphatic rings. The molecule has 2 saturated heterocycles. The van der Waals surface area contributed by atoms with Gasteiger partial charge in [-0.3, -0.25) is 4.99 Å². The Morgan fingerprint density at radius 1 is 1.13 bits per heavy atom. The van der Waals surface area contributed by atoms with Crippen molar-refractivity contribution >= 4 is 22.1 Å². The lowest BCUT2D eigenvalue weighted by Gasteiger charge is -2.40. The van der Waals surface area contributed by atoms with Crippen LogP contribution in [-0.4, -0.2) is 74.0 Å². The summed E-state index contributed by atoms with van der Waals surface area (Å²) in [5, 5.41) is 6.72. The van der Waals surface area contributed by atoms with E-state index in [9.17, 15) is 13.2 Å². The number of nitrogens with zero attached hydrogens (tertiary/aromatic N) is 2. The van der Waals surface area contributed by atoms with Gasteiger partial charge in [-0.15, -0.1) is 0 Å². The average molecular weight is 446 g/mol. The van der Waals surface area contributed by atoms with Crippen LogP contribution in [0.15, 0.2) is 4.99 Å². The number of carbonyl (C=O) groups excluding carboxylic acids is 1. The molecule has 0 aliphatic carbocycles. The van der Waals surface area contributed by atoms with Gasteiger partial charge in [0.15, 0.2) is 5.96 Å². The van der Waals surface area contributed by atoms with Crippen molar-refractivity contribution in [3.63, 3.8) is 0 Å². The summed E-state index contributed by atoms with van der Waals surface area (Å²) in [4.78, 5) is 19.1. The van der Waals surface area contributed by atoms with Crippen LogP contribution in [0.3, 0.4) is 0 Å². The maximum absolute atomic E-state index is 12.6. The maximum atomic E-state index is 12.6. The molecule has 0 radical (unpaired) electrons. The monoisotopic (exact) mass is 445 g/mol. The Hall–Kier alpha value is -1.55. The van der Waals surface area contributed by atoms with E-state index in [4.69, 9.17) is 4.74 Å². The second-order valence-corrected chi connectivity index (χ2v) is 11.8. The molecule has 2 heterocycles. The van der Waals surface area contributed by atoms with E-state index in [1.807, 2.05) is 32.6 Å². The van der Waals surface area contributed by atoms with Gasteiger partial charge in [-0.05, 0) is 67.2 Å². The zero-order chi connectivity index (χ0) is 22.7. The van der Waals surface area contributed by atoms with Crippen molar-refractivity contribution in [2.75, 3.05) is 19.3 Å². The zero-order valence-corrected chi connectivity index (χ0v) is 20.2. The summed E-state index contributed by atoms with van der Waals surface area (Å²) in [6, 6.07) is 0.537. The van der Waals surface area contributed by atoms with Gasteiger partial charge < -0.3 is 20.3 Å². The largest absolute Gasteiger partial charge is 0.444 e. The molecule has 1 amide bonds. The van der Waals surface area contributed by atoms with Gasteiger partial charge in [0.1, 0.15) is 5.60 Å². The van der Waals surface area contributed by atoms with E-state index in [0.29, 0.717) is 19.0 Å². The topological polar surface area (TPSA) is 112 Å². The zero-order valence-electron chi connectivity index (χ0n) is 19.4. The van der Waals surface area contributed by atoms with Crippen molar-refractivity contribution in [2.24, 2.45) is 4.99 Å². The van der Waals surface area contributed by atoms with Gasteiger partial charge in [-0.2, -0.15) is 0 Å². The average Bonchev–Trinajstić information content (AvgIpc) is 2.81. The molecule has 2 aliphatic heterocycles. The number of piperidine rings is 1. The molecular weight excluding hydrogens is 406 g/mol. The molecule has 9 nitrogen and oxygen atoms in total. The normalized spacial score (nSPS) is 25.2. The molecule has 174 valence electrons. The minimum Gasteiger partial charge on any atom is -0.444 e. The van der Waals surface area contributed by atoms with Gasteiger partial charge in [0, 0.05) is 30.2 Å². The standard InChI is InChI=1S/C20H39N5O4S/c1-8-21-17(22-13-20(5,6)24-30(7,27)28)23-14-11-15-9-10-16(12-14)25(15)18(26)29-19(2,3)4/h14-16,24H,8-13H2,1-7H3,(H2,21,22,23). The van der Waals surface area contributed by atoms with Crippen molar-refractivity contribution in [2.45, 2.75) is 96.5 Å². The van der Waals surface area contributed by atoms with Crippen molar-refractivity contribution < 1.29 is 17.9 Å². The molecule has 0 aromatic carbocycles. The van der Waals surface area contributed by atoms with Gasteiger partial charge in [-0.1, -0.05) is 0 Å². The van der Waals surface area contributed by atoms with Crippen molar-refractivity contribution in [1.82, 2.24) is 20.3 Å². The van der Waals surface area contributed by atoms with E-state index in [2.05, 4.69) is 20.3 Å². The van der Waals surface area contributed by atoms with Crippen LogP contribution in [0.5, 0.6) is 0 Å². The minimum atomic E-state index is -3.31. The number of guanidine groups is 1. The van der Waals surface area contributed by atoms with Crippen LogP contribution in [0.1, 0.15) is 67.2 Å². The van der Waals surface area contributed by atoms with Gasteiger partial charge in [-0.25, -0.2) is 17.9 Å². The van der Waals surface area contributed by atoms with Crippen molar-refractivity contribution in [1.29, 1.82) is 0 Å². The van der Waals surface area contributed by atoms with Crippen LogP contribution in [0, 0.1) is 0 Å². The quantitative estimate of drug-likeness (QED) is 0.425. The SMILES string of the molecule is CCNC(=NCC(C)(C)NS(C)(=O)=O)NC1CC2CCC(C1)N2C(=O)OC(C)(C)C. The van der Waals surface area contributed by atoms with E-state index in [-0.39, 0.29) is 24.2 Å². The van der Waals surface area contributed by atoms with Crippen LogP contribution in [-0.2, 0) is 14.8 Å². The third-order valence-corrected chi connectivity index (χ3v) is 6.04. The predicted octanol–water partition coefficient (Wildman–Crippen LogP) is 1.80. The Morgan fingerprint density at radius 2 is 1.70 bits per heavy atom. The molecule has 0 saturated carbocycles. The highest BCUT2D eigenvalue weighted by Crippen LogP contribution is 2.36. The first-order valence-electron chi connectivity index (χ1n) is 10.7. The Labute approximate surface area is 181 Å². The lowest BCUT2D eigenvalue weighted by atomic mass is 9.98. The Balaban J connectivity index is 2.00. The molecule has 30 heavy (non-hydrogen) atoms. The van der Waals surface area contributed by atoms with E-state index in [0.717, 1.165) is 31.9 Å². The molecule has 0 aromatic heterocycles. The Morgan fingerprint density at radius 3 is 2.17 bits per heavy atom. The molecule has 2 fully saturated rings. The molecule has 10 heteroatoms. The van der Waals surface area contributed by atoms with Gasteiger partial charge >= 0.3 is 6.09 Å². The number of nitrogens with one attached hydrogen (secondary N) is 3. The molecular formula is C20H39N5O4S. The Bertz CT molecular complexity index is 731. The molecule has 2 bridgehead atoms. The summed E-state index contributed by atoms with van der Waals surface area (Å²) < 4.78 is 31.3. The number of amides is 1. The fourth-order valence-electron chi connectivity index (χ4n) is 4.23. The second kappa shape index (κ2) is 9.30. The van der Waals surface area contributed by atoms with E-state index in [1.54, 1.807) is 13.8 Å². The first-order valence-corrected chi connectivity index (χ1v) is 12.6. The van der Waals surface area contributed by atoms with Crippen molar-refractivity contribution in [3.8, 4) is 0 Å². The highest BCUT2D eigenvalue weighted by Gasteiger charge is 2.45. The Kier molecular flexibility index (Phi) is 7.66. The number of ether oxygens (including phenoxy) is 1. The number of aliphatic imine (C=N–C) groups is 1. The summed E-state index contributed by atoms with van der Waals surface area (Å²) in [7, 11) is -3.31. The van der Waals surface area contributed by atoms with Gasteiger partial charge in [0.05, 0.1) is 12.8 Å². The third kappa shape index (κ3) is 7.61. The third-order valence-electron chi connectivity index (χ3n) is 5.12. The minimum absolute atomic E-state index is 0.169. The lowest BCUT2D eigenvalue weighted by Crippen LogP contribution is -2.55. The van der Waals surface area contributed by atoms with Crippen LogP contribution in [0.4, 0.5) is 4.79 Å². The number of sulfonamides is 1. The van der Waals surface area contributed by atoms with Crippen molar-refractivity contribution in [3.05, 3.63) is 0 Å². The molecule has 0 spiro atoms. The second-order valence-electron chi connectivity index (χ2n) is 10.0. The summed E-state index contributed by atoms with van der Waals surface area (Å²) >= 11 is 0. The van der Waals surface area contributed by atoms with Gasteiger partial charge in [0.2, 0.25) is 10.0 Å². The molecule has 2 unspecified atom stereocenters. The number of fused-ring (bicyclic) bond motifs is 2. The van der Waals surface area contributed by atoms with Crippen LogP contribution < -0.4 is 15.4 Å². The van der Waals surface area contributed by atoms with Gasteiger partial charge in [0.25, 0.3) is 0 Å². The number of rotatable bonds is 6.